The van der Waals surface area contributed by atoms with Crippen LogP contribution in [0.4, 0.5) is 14.6 Å². The third-order valence-electron chi connectivity index (χ3n) is 4.71. The topological polar surface area (TPSA) is 82.2 Å². The molecule has 32 heavy (non-hydrogen) atoms. The number of hydrogen-bond donors (Lipinski definition) is 3. The fraction of sp³-hybridized carbons (Fsp3) is 0.261. The second-order valence-electron chi connectivity index (χ2n) is 7.48. The molecule has 3 rings (SSSR count). The Morgan fingerprint density at radius 3 is 2.56 bits per heavy atom. The van der Waals surface area contributed by atoms with E-state index in [2.05, 4.69) is 25.8 Å². The van der Waals surface area contributed by atoms with E-state index in [0.717, 1.165) is 24.5 Å². The number of halogens is 3. The average molecular weight is 460 g/mol. The summed E-state index contributed by atoms with van der Waals surface area (Å²) in [6.45, 7) is 5.80. The lowest BCUT2D eigenvalue weighted by Gasteiger charge is -2.13. The minimum atomic E-state index is -0.690. The Bertz CT molecular complexity index is 1120. The van der Waals surface area contributed by atoms with E-state index in [4.69, 9.17) is 11.6 Å². The van der Waals surface area contributed by atoms with Crippen LogP contribution in [0.25, 0.3) is 11.3 Å². The zero-order chi connectivity index (χ0) is 23.3. The van der Waals surface area contributed by atoms with E-state index in [9.17, 15) is 13.6 Å². The number of carbonyl (C=O) groups excluding carboxylic acids is 1. The van der Waals surface area contributed by atoms with Gasteiger partial charge < -0.3 is 5.32 Å². The summed E-state index contributed by atoms with van der Waals surface area (Å²) in [6.07, 6.45) is 1.76. The van der Waals surface area contributed by atoms with Gasteiger partial charge in [-0.1, -0.05) is 24.9 Å². The second-order valence-corrected chi connectivity index (χ2v) is 7.89. The van der Waals surface area contributed by atoms with Crippen LogP contribution in [-0.4, -0.2) is 28.1 Å². The molecular formula is C23H24ClF2N5O. The van der Waals surface area contributed by atoms with Crippen molar-refractivity contribution in [2.45, 2.75) is 39.7 Å². The van der Waals surface area contributed by atoms with Gasteiger partial charge in [0.15, 0.2) is 5.82 Å². The monoisotopic (exact) mass is 459 g/mol. The first kappa shape index (κ1) is 23.4. The molecule has 3 N–H and O–H groups in total. The van der Waals surface area contributed by atoms with Gasteiger partial charge in [0.2, 0.25) is 5.96 Å². The molecule has 0 aliphatic heterocycles. The maximum atomic E-state index is 13.5. The molecule has 0 aliphatic carbocycles. The van der Waals surface area contributed by atoms with Crippen LogP contribution in [0.5, 0.6) is 0 Å². The normalized spacial score (nSPS) is 12.5. The van der Waals surface area contributed by atoms with Crippen LogP contribution < -0.4 is 10.6 Å². The zero-order valence-electron chi connectivity index (χ0n) is 18.0. The molecular weight excluding hydrogens is 436 g/mol. The Kier molecular flexibility index (Phi) is 7.58. The van der Waals surface area contributed by atoms with Crippen LogP contribution >= 0.6 is 11.6 Å². The Morgan fingerprint density at radius 1 is 1.19 bits per heavy atom. The summed E-state index contributed by atoms with van der Waals surface area (Å²) in [5, 5.41) is 13.2. The summed E-state index contributed by atoms with van der Waals surface area (Å²) in [5.74, 6) is -1.19. The van der Waals surface area contributed by atoms with E-state index < -0.39 is 11.6 Å². The van der Waals surface area contributed by atoms with E-state index >= 15 is 0 Å². The summed E-state index contributed by atoms with van der Waals surface area (Å²) < 4.78 is 27.1. The number of aromatic amines is 1. The van der Waals surface area contributed by atoms with Gasteiger partial charge in [-0.15, -0.1) is 0 Å². The van der Waals surface area contributed by atoms with Crippen molar-refractivity contribution in [3.8, 4) is 11.3 Å². The van der Waals surface area contributed by atoms with Gasteiger partial charge in [-0.3, -0.25) is 15.2 Å². The summed E-state index contributed by atoms with van der Waals surface area (Å²) in [6, 6.07) is 9.70. The molecule has 1 amide bonds. The molecule has 1 aromatic heterocycles. The third-order valence-corrected chi connectivity index (χ3v) is 5.13. The number of anilines is 1. The highest BCUT2D eigenvalue weighted by Gasteiger charge is 2.14. The number of benzene rings is 2. The van der Waals surface area contributed by atoms with Crippen LogP contribution in [0.2, 0.25) is 5.02 Å². The molecule has 1 unspecified atom stereocenters. The summed E-state index contributed by atoms with van der Waals surface area (Å²) in [5.41, 5.74) is 1.93. The number of carbonyl (C=O) groups is 1. The fourth-order valence-corrected chi connectivity index (χ4v) is 3.25. The van der Waals surface area contributed by atoms with Gasteiger partial charge in [-0.05, 0) is 56.2 Å². The largest absolute Gasteiger partial charge is 0.309 e. The van der Waals surface area contributed by atoms with Gasteiger partial charge in [0.25, 0.3) is 5.91 Å². The number of guanidine groups is 1. The quantitative estimate of drug-likeness (QED) is 0.326. The summed E-state index contributed by atoms with van der Waals surface area (Å²) in [7, 11) is 0. The van der Waals surface area contributed by atoms with Crippen molar-refractivity contribution in [1.82, 2.24) is 15.5 Å². The Labute approximate surface area is 190 Å². The molecule has 0 bridgehead atoms. The molecule has 6 nitrogen and oxygen atoms in total. The third kappa shape index (κ3) is 6.13. The number of aliphatic imine (C=N–C) groups is 1. The molecule has 0 saturated carbocycles. The molecule has 2 aromatic carbocycles. The maximum absolute atomic E-state index is 13.5. The van der Waals surface area contributed by atoms with Gasteiger partial charge in [0.05, 0.1) is 11.7 Å². The first-order valence-corrected chi connectivity index (χ1v) is 10.6. The van der Waals surface area contributed by atoms with Crippen LogP contribution in [0.15, 0.2) is 47.5 Å². The summed E-state index contributed by atoms with van der Waals surface area (Å²) in [4.78, 5) is 17.3. The van der Waals surface area contributed by atoms with Crippen molar-refractivity contribution in [2.75, 3.05) is 5.32 Å². The minimum absolute atomic E-state index is 0.0505. The van der Waals surface area contributed by atoms with E-state index in [1.807, 2.05) is 20.8 Å². The molecule has 9 heteroatoms. The molecule has 0 fully saturated rings. The van der Waals surface area contributed by atoms with Crippen molar-refractivity contribution in [2.24, 2.45) is 4.99 Å². The van der Waals surface area contributed by atoms with E-state index in [1.54, 1.807) is 24.3 Å². The second kappa shape index (κ2) is 10.4. The van der Waals surface area contributed by atoms with Gasteiger partial charge in [-0.25, -0.2) is 13.8 Å². The highest BCUT2D eigenvalue weighted by atomic mass is 35.5. The van der Waals surface area contributed by atoms with Crippen molar-refractivity contribution in [1.29, 1.82) is 0 Å². The van der Waals surface area contributed by atoms with Crippen LogP contribution in [-0.2, 0) is 0 Å². The van der Waals surface area contributed by atoms with Crippen LogP contribution in [0.3, 0.4) is 0 Å². The molecule has 1 heterocycles. The minimum Gasteiger partial charge on any atom is -0.309 e. The number of aromatic nitrogens is 2. The van der Waals surface area contributed by atoms with E-state index in [-0.39, 0.29) is 17.9 Å². The van der Waals surface area contributed by atoms with E-state index in [0.29, 0.717) is 27.7 Å². The van der Waals surface area contributed by atoms with Crippen molar-refractivity contribution in [3.05, 3.63) is 70.2 Å². The highest BCUT2D eigenvalue weighted by Crippen LogP contribution is 2.22. The number of hydrogen-bond acceptors (Lipinski definition) is 3. The fourth-order valence-electron chi connectivity index (χ4n) is 3.13. The van der Waals surface area contributed by atoms with Gasteiger partial charge in [0.1, 0.15) is 11.6 Å². The predicted octanol–water partition coefficient (Wildman–Crippen LogP) is 5.70. The number of aryl methyl sites for hydroxylation is 1. The lowest BCUT2D eigenvalue weighted by molar-refractivity contribution is 0.0976. The van der Waals surface area contributed by atoms with Gasteiger partial charge in [-0.2, -0.15) is 5.10 Å². The first-order valence-electron chi connectivity index (χ1n) is 10.2. The SMILES string of the molecule is CCCC(C)N=C(NC(=O)c1ccc(Cl)c(C)c1)Nc1cc(-c2cc(F)cc(F)c2)[nH]n1. The highest BCUT2D eigenvalue weighted by molar-refractivity contribution is 6.31. The van der Waals surface area contributed by atoms with Crippen molar-refractivity contribution in [3.63, 3.8) is 0 Å². The van der Waals surface area contributed by atoms with Crippen molar-refractivity contribution < 1.29 is 13.6 Å². The molecule has 3 aromatic rings. The molecule has 0 aliphatic rings. The Hall–Kier alpha value is -3.26. The van der Waals surface area contributed by atoms with Crippen LogP contribution in [0.1, 0.15) is 42.6 Å². The molecule has 168 valence electrons. The molecule has 0 saturated heterocycles. The van der Waals surface area contributed by atoms with Crippen LogP contribution in [0, 0.1) is 18.6 Å². The number of amides is 1. The van der Waals surface area contributed by atoms with Crippen molar-refractivity contribution >= 4 is 29.3 Å². The zero-order valence-corrected chi connectivity index (χ0v) is 18.7. The lowest BCUT2D eigenvalue weighted by Crippen LogP contribution is -2.37. The Balaban J connectivity index is 1.82. The van der Waals surface area contributed by atoms with Gasteiger partial charge >= 0.3 is 0 Å². The summed E-state index contributed by atoms with van der Waals surface area (Å²) >= 11 is 6.05. The Morgan fingerprint density at radius 2 is 1.91 bits per heavy atom. The molecule has 0 radical (unpaired) electrons. The average Bonchev–Trinajstić information content (AvgIpc) is 3.18. The standard InChI is InChI=1S/C23H24ClF2N5O/c1-4-5-14(3)27-23(29-22(32)15-6-7-19(24)13(2)8-15)28-21-12-20(30-31-21)16-9-17(25)11-18(26)10-16/h6-12,14H,4-5H2,1-3H3,(H3,27,28,29,30,31,32). The predicted molar refractivity (Wildman–Crippen MR) is 123 cm³/mol. The number of rotatable bonds is 6. The van der Waals surface area contributed by atoms with Gasteiger partial charge in [0, 0.05) is 28.3 Å². The number of nitrogens with zero attached hydrogens (tertiary/aromatic N) is 2. The van der Waals surface area contributed by atoms with E-state index in [1.165, 1.54) is 12.1 Å². The first-order chi connectivity index (χ1) is 15.2. The maximum Gasteiger partial charge on any atom is 0.257 e. The number of nitrogens with one attached hydrogen (secondary N) is 3. The molecule has 0 spiro atoms. The molecule has 1 atom stereocenters. The lowest BCUT2D eigenvalue weighted by atomic mass is 10.1. The number of H-pyrrole nitrogens is 1. The smallest absolute Gasteiger partial charge is 0.257 e.